The van der Waals surface area contributed by atoms with Gasteiger partial charge in [0.05, 0.1) is 12.2 Å². The van der Waals surface area contributed by atoms with E-state index in [0.29, 0.717) is 13.1 Å². The summed E-state index contributed by atoms with van der Waals surface area (Å²) in [7, 11) is 0. The molecule has 1 heterocycles. The fourth-order valence-corrected chi connectivity index (χ4v) is 2.55. The molecule has 114 valence electrons. The minimum absolute atomic E-state index is 0.184. The Labute approximate surface area is 122 Å². The number of hydrogen-bond donors (Lipinski definition) is 2. The Bertz CT molecular complexity index is 513. The van der Waals surface area contributed by atoms with Gasteiger partial charge in [0.25, 0.3) is 0 Å². The van der Waals surface area contributed by atoms with Crippen molar-refractivity contribution in [1.29, 1.82) is 0 Å². The van der Waals surface area contributed by atoms with Gasteiger partial charge in [-0.3, -0.25) is 14.5 Å². The number of carboxylic acid groups (broad SMARTS) is 1. The summed E-state index contributed by atoms with van der Waals surface area (Å²) in [5, 5.41) is 11.3. The fourth-order valence-electron chi connectivity index (χ4n) is 2.55. The summed E-state index contributed by atoms with van der Waals surface area (Å²) in [4.78, 5) is 24.5. The van der Waals surface area contributed by atoms with Gasteiger partial charge in [0.15, 0.2) is 0 Å². The van der Waals surface area contributed by atoms with Crippen molar-refractivity contribution in [2.75, 3.05) is 25.0 Å². The van der Waals surface area contributed by atoms with E-state index in [0.717, 1.165) is 12.8 Å². The number of hydrogen-bond acceptors (Lipinski definition) is 3. The van der Waals surface area contributed by atoms with E-state index in [4.69, 9.17) is 5.11 Å². The summed E-state index contributed by atoms with van der Waals surface area (Å²) in [6.45, 7) is 1.60. The van der Waals surface area contributed by atoms with Crippen molar-refractivity contribution in [2.45, 2.75) is 19.3 Å². The first kappa shape index (κ1) is 15.4. The van der Waals surface area contributed by atoms with Crippen molar-refractivity contribution in [3.05, 3.63) is 30.1 Å². The SMILES string of the molecule is O=C(O)CC1CCN(CC(=O)Nc2ccccc2F)CC1. The Kier molecular flexibility index (Phi) is 5.27. The number of amides is 1. The number of anilines is 1. The number of rotatable bonds is 5. The standard InChI is InChI=1S/C15H19FN2O3/c16-12-3-1-2-4-13(12)17-14(19)10-18-7-5-11(6-8-18)9-15(20)21/h1-4,11H,5-10H2,(H,17,19)(H,20,21). The van der Waals surface area contributed by atoms with E-state index in [-0.39, 0.29) is 30.5 Å². The van der Waals surface area contributed by atoms with Gasteiger partial charge >= 0.3 is 5.97 Å². The van der Waals surface area contributed by atoms with Crippen molar-refractivity contribution in [3.8, 4) is 0 Å². The van der Waals surface area contributed by atoms with Gasteiger partial charge in [-0.1, -0.05) is 12.1 Å². The molecule has 6 heteroatoms. The van der Waals surface area contributed by atoms with Crippen LogP contribution >= 0.6 is 0 Å². The van der Waals surface area contributed by atoms with E-state index in [2.05, 4.69) is 5.32 Å². The molecule has 1 aromatic rings. The summed E-state index contributed by atoms with van der Waals surface area (Å²) in [5.74, 6) is -1.29. The Balaban J connectivity index is 1.77. The van der Waals surface area contributed by atoms with Crippen LogP contribution in [-0.2, 0) is 9.59 Å². The molecule has 1 aromatic carbocycles. The molecule has 1 saturated heterocycles. The molecule has 1 aliphatic rings. The molecule has 0 atom stereocenters. The largest absolute Gasteiger partial charge is 0.481 e. The molecular weight excluding hydrogens is 275 g/mol. The van der Waals surface area contributed by atoms with Crippen LogP contribution in [0.5, 0.6) is 0 Å². The lowest BCUT2D eigenvalue weighted by Crippen LogP contribution is -2.39. The maximum Gasteiger partial charge on any atom is 0.303 e. The molecule has 2 N–H and O–H groups in total. The van der Waals surface area contributed by atoms with E-state index >= 15 is 0 Å². The summed E-state index contributed by atoms with van der Waals surface area (Å²) in [5.41, 5.74) is 0.184. The quantitative estimate of drug-likeness (QED) is 0.871. The number of benzene rings is 1. The number of carboxylic acids is 1. The van der Waals surface area contributed by atoms with Crippen LogP contribution in [0.3, 0.4) is 0 Å². The molecule has 0 aliphatic carbocycles. The maximum absolute atomic E-state index is 13.4. The Morgan fingerprint density at radius 2 is 1.95 bits per heavy atom. The molecule has 1 fully saturated rings. The van der Waals surface area contributed by atoms with Crippen molar-refractivity contribution in [3.63, 3.8) is 0 Å². The van der Waals surface area contributed by atoms with Gasteiger partial charge in [0.2, 0.25) is 5.91 Å². The first-order valence-electron chi connectivity index (χ1n) is 7.03. The third-order valence-electron chi connectivity index (χ3n) is 3.69. The van der Waals surface area contributed by atoms with Crippen LogP contribution in [0.4, 0.5) is 10.1 Å². The molecule has 0 unspecified atom stereocenters. The number of halogens is 1. The van der Waals surface area contributed by atoms with Crippen molar-refractivity contribution < 1.29 is 19.1 Å². The third-order valence-corrected chi connectivity index (χ3v) is 3.69. The number of carbonyl (C=O) groups is 2. The van der Waals surface area contributed by atoms with E-state index < -0.39 is 11.8 Å². The Hall–Kier alpha value is -1.95. The van der Waals surface area contributed by atoms with Crippen LogP contribution in [0.1, 0.15) is 19.3 Å². The zero-order chi connectivity index (χ0) is 15.2. The van der Waals surface area contributed by atoms with Crippen molar-refractivity contribution in [1.82, 2.24) is 4.90 Å². The number of aliphatic carboxylic acids is 1. The molecule has 2 rings (SSSR count). The van der Waals surface area contributed by atoms with Crippen molar-refractivity contribution in [2.24, 2.45) is 5.92 Å². The lowest BCUT2D eigenvalue weighted by molar-refractivity contribution is -0.138. The number of nitrogens with one attached hydrogen (secondary N) is 1. The predicted molar refractivity (Wildman–Crippen MR) is 76.4 cm³/mol. The van der Waals surface area contributed by atoms with E-state index in [9.17, 15) is 14.0 Å². The number of carbonyl (C=O) groups excluding carboxylic acids is 1. The number of likely N-dealkylation sites (tertiary alicyclic amines) is 1. The van der Waals surface area contributed by atoms with Crippen LogP contribution in [0.2, 0.25) is 0 Å². The van der Waals surface area contributed by atoms with Crippen LogP contribution < -0.4 is 5.32 Å². The van der Waals surface area contributed by atoms with Gasteiger partial charge in [0.1, 0.15) is 5.82 Å². The van der Waals surface area contributed by atoms with Gasteiger partial charge < -0.3 is 10.4 Å². The minimum Gasteiger partial charge on any atom is -0.481 e. The molecular formula is C15H19FN2O3. The zero-order valence-corrected chi connectivity index (χ0v) is 11.7. The van der Waals surface area contributed by atoms with Crippen molar-refractivity contribution >= 4 is 17.6 Å². The highest BCUT2D eigenvalue weighted by molar-refractivity contribution is 5.92. The summed E-state index contributed by atoms with van der Waals surface area (Å²) >= 11 is 0. The first-order valence-corrected chi connectivity index (χ1v) is 7.03. The first-order chi connectivity index (χ1) is 10.0. The van der Waals surface area contributed by atoms with E-state index in [1.54, 1.807) is 12.1 Å². The van der Waals surface area contributed by atoms with Crippen LogP contribution in [0, 0.1) is 11.7 Å². The molecule has 5 nitrogen and oxygen atoms in total. The molecule has 1 amide bonds. The average molecular weight is 294 g/mol. The molecule has 1 aliphatic heterocycles. The average Bonchev–Trinajstić information content (AvgIpc) is 2.43. The topological polar surface area (TPSA) is 69.6 Å². The highest BCUT2D eigenvalue weighted by Crippen LogP contribution is 2.20. The maximum atomic E-state index is 13.4. The van der Waals surface area contributed by atoms with Gasteiger partial charge in [-0.05, 0) is 44.0 Å². The number of piperidine rings is 1. The Morgan fingerprint density at radius 3 is 2.57 bits per heavy atom. The highest BCUT2D eigenvalue weighted by Gasteiger charge is 2.22. The Morgan fingerprint density at radius 1 is 1.29 bits per heavy atom. The zero-order valence-electron chi connectivity index (χ0n) is 11.7. The normalized spacial score (nSPS) is 16.6. The van der Waals surface area contributed by atoms with Gasteiger partial charge in [0, 0.05) is 6.42 Å². The summed E-state index contributed by atoms with van der Waals surface area (Å²) < 4.78 is 13.4. The molecule has 0 spiro atoms. The van der Waals surface area contributed by atoms with Gasteiger partial charge in [-0.2, -0.15) is 0 Å². The molecule has 0 aromatic heterocycles. The molecule has 21 heavy (non-hydrogen) atoms. The third kappa shape index (κ3) is 4.82. The minimum atomic E-state index is -0.772. The van der Waals surface area contributed by atoms with Gasteiger partial charge in [-0.25, -0.2) is 4.39 Å². The second kappa shape index (κ2) is 7.17. The van der Waals surface area contributed by atoms with Gasteiger partial charge in [-0.15, -0.1) is 0 Å². The van der Waals surface area contributed by atoms with Crippen LogP contribution in [0.15, 0.2) is 24.3 Å². The van der Waals surface area contributed by atoms with E-state index in [1.165, 1.54) is 12.1 Å². The molecule has 0 bridgehead atoms. The fraction of sp³-hybridized carbons (Fsp3) is 0.467. The molecule has 0 radical (unpaired) electrons. The smallest absolute Gasteiger partial charge is 0.303 e. The monoisotopic (exact) mass is 294 g/mol. The second-order valence-corrected chi connectivity index (χ2v) is 5.35. The highest BCUT2D eigenvalue weighted by atomic mass is 19.1. The van der Waals surface area contributed by atoms with Crippen LogP contribution in [0.25, 0.3) is 0 Å². The number of nitrogens with zero attached hydrogens (tertiary/aromatic N) is 1. The van der Waals surface area contributed by atoms with Crippen LogP contribution in [-0.4, -0.2) is 41.5 Å². The lowest BCUT2D eigenvalue weighted by Gasteiger charge is -2.30. The predicted octanol–water partition coefficient (Wildman–Crippen LogP) is 1.95. The molecule has 0 saturated carbocycles. The second-order valence-electron chi connectivity index (χ2n) is 5.35. The lowest BCUT2D eigenvalue weighted by atomic mass is 9.94. The number of para-hydroxylation sites is 1. The summed E-state index contributed by atoms with van der Waals surface area (Å²) in [6, 6.07) is 6.05. The summed E-state index contributed by atoms with van der Waals surface area (Å²) in [6.07, 6.45) is 1.74. The van der Waals surface area contributed by atoms with E-state index in [1.807, 2.05) is 4.90 Å².